The first-order valence-corrected chi connectivity index (χ1v) is 6.91. The lowest BCUT2D eigenvalue weighted by Crippen LogP contribution is -2.55. The molecule has 6 nitrogen and oxygen atoms in total. The molecular weight excluding hydrogens is 254 g/mol. The summed E-state index contributed by atoms with van der Waals surface area (Å²) in [4.78, 5) is 1.97. The van der Waals surface area contributed by atoms with Gasteiger partial charge in [-0.3, -0.25) is 0 Å². The Balaban J connectivity index is 2.20. The van der Waals surface area contributed by atoms with Crippen LogP contribution in [-0.2, 0) is 10.2 Å². The summed E-state index contributed by atoms with van der Waals surface area (Å²) in [5, 5.41) is 0. The zero-order chi connectivity index (χ0) is 13.3. The van der Waals surface area contributed by atoms with Crippen LogP contribution in [0.3, 0.4) is 0 Å². The van der Waals surface area contributed by atoms with Crippen LogP contribution in [0.25, 0.3) is 0 Å². The van der Waals surface area contributed by atoms with Gasteiger partial charge in [-0.2, -0.15) is 17.0 Å². The molecule has 0 aromatic heterocycles. The molecule has 0 radical (unpaired) electrons. The Morgan fingerprint density at radius 1 is 1.06 bits per heavy atom. The topological polar surface area (TPSA) is 53.1 Å². The molecule has 2 rings (SSSR count). The molecule has 1 fully saturated rings. The van der Waals surface area contributed by atoms with Gasteiger partial charge in [0.15, 0.2) is 0 Å². The van der Waals surface area contributed by atoms with Gasteiger partial charge in [-0.1, -0.05) is 0 Å². The molecule has 0 N–H and O–H groups in total. The third-order valence-corrected chi connectivity index (χ3v) is 4.77. The summed E-state index contributed by atoms with van der Waals surface area (Å²) in [6.07, 6.45) is 0. The van der Waals surface area contributed by atoms with Gasteiger partial charge in [-0.05, 0) is 24.3 Å². The largest absolute Gasteiger partial charge is 0.497 e. The number of methoxy groups -OCH3 is 1. The lowest BCUT2D eigenvalue weighted by molar-refractivity contribution is 0.338. The highest BCUT2D eigenvalue weighted by Gasteiger charge is 2.32. The highest BCUT2D eigenvalue weighted by atomic mass is 32.2. The van der Waals surface area contributed by atoms with Crippen molar-refractivity contribution in [3.05, 3.63) is 24.3 Å². The Morgan fingerprint density at radius 2 is 1.56 bits per heavy atom. The Hall–Kier alpha value is -1.31. The maximum atomic E-state index is 11.8. The van der Waals surface area contributed by atoms with Gasteiger partial charge in [0.25, 0.3) is 10.2 Å². The minimum absolute atomic E-state index is 0.346. The van der Waals surface area contributed by atoms with E-state index in [1.807, 2.05) is 29.2 Å². The Labute approximate surface area is 108 Å². The van der Waals surface area contributed by atoms with E-state index in [0.717, 1.165) is 11.4 Å². The van der Waals surface area contributed by atoms with Crippen LogP contribution in [0.1, 0.15) is 0 Å². The van der Waals surface area contributed by atoms with E-state index >= 15 is 0 Å². The van der Waals surface area contributed by atoms with Gasteiger partial charge in [0.05, 0.1) is 20.4 Å². The van der Waals surface area contributed by atoms with Gasteiger partial charge in [-0.25, -0.2) is 0 Å². The van der Waals surface area contributed by atoms with E-state index in [2.05, 4.69) is 0 Å². The summed E-state index contributed by atoms with van der Waals surface area (Å²) in [6, 6.07) is 7.55. The second kappa shape index (κ2) is 4.75. The van der Waals surface area contributed by atoms with E-state index in [1.54, 1.807) is 21.2 Å². The van der Waals surface area contributed by atoms with Gasteiger partial charge in [0.1, 0.15) is 5.75 Å². The lowest BCUT2D eigenvalue weighted by Gasteiger charge is -2.39. The summed E-state index contributed by atoms with van der Waals surface area (Å²) in [7, 11) is 1.46. The number of rotatable bonds is 2. The highest BCUT2D eigenvalue weighted by molar-refractivity contribution is 7.86. The fourth-order valence-corrected chi connectivity index (χ4v) is 2.91. The molecule has 18 heavy (non-hydrogen) atoms. The average Bonchev–Trinajstić information content (AvgIpc) is 2.36. The number of anilines is 1. The maximum absolute atomic E-state index is 11.8. The van der Waals surface area contributed by atoms with Crippen LogP contribution < -0.4 is 9.64 Å². The molecule has 100 valence electrons. The van der Waals surface area contributed by atoms with Gasteiger partial charge in [0.2, 0.25) is 0 Å². The first kappa shape index (κ1) is 13.1. The minimum atomic E-state index is -3.29. The predicted molar refractivity (Wildman–Crippen MR) is 69.7 cm³/mol. The first-order valence-electron chi connectivity index (χ1n) is 5.52. The van der Waals surface area contributed by atoms with E-state index in [0.29, 0.717) is 13.3 Å². The molecule has 7 heteroatoms. The van der Waals surface area contributed by atoms with E-state index in [9.17, 15) is 8.42 Å². The van der Waals surface area contributed by atoms with Crippen molar-refractivity contribution in [2.45, 2.75) is 0 Å². The third-order valence-electron chi connectivity index (χ3n) is 2.97. The normalized spacial score (nSPS) is 20.9. The summed E-state index contributed by atoms with van der Waals surface area (Å²) in [5.74, 6) is 0.782. The Morgan fingerprint density at radius 3 is 2.00 bits per heavy atom. The number of hydrogen-bond donors (Lipinski definition) is 0. The highest BCUT2D eigenvalue weighted by Crippen LogP contribution is 2.23. The Kier molecular flexibility index (Phi) is 3.47. The summed E-state index contributed by atoms with van der Waals surface area (Å²) in [5.41, 5.74) is 0.962. The van der Waals surface area contributed by atoms with Crippen LogP contribution in [0, 0.1) is 0 Å². The number of ether oxygens (including phenoxy) is 1. The van der Waals surface area contributed by atoms with Crippen molar-refractivity contribution in [3.8, 4) is 5.75 Å². The van der Waals surface area contributed by atoms with Crippen LogP contribution in [0.15, 0.2) is 24.3 Å². The smallest absolute Gasteiger partial charge is 0.284 e. The molecular formula is C11H17N3O3S. The minimum Gasteiger partial charge on any atom is -0.497 e. The fraction of sp³-hybridized carbons (Fsp3) is 0.455. The molecule has 1 aliphatic rings. The second-order valence-electron chi connectivity index (χ2n) is 4.22. The van der Waals surface area contributed by atoms with E-state index < -0.39 is 10.2 Å². The number of hydrogen-bond acceptors (Lipinski definition) is 4. The predicted octanol–water partition coefficient (Wildman–Crippen LogP) is 0.539. The van der Waals surface area contributed by atoms with Crippen molar-refractivity contribution in [2.75, 3.05) is 39.4 Å². The van der Waals surface area contributed by atoms with Crippen LogP contribution in [-0.4, -0.2) is 51.6 Å². The third kappa shape index (κ3) is 2.29. The second-order valence-corrected chi connectivity index (χ2v) is 6.37. The zero-order valence-corrected chi connectivity index (χ0v) is 11.5. The average molecular weight is 271 g/mol. The summed E-state index contributed by atoms with van der Waals surface area (Å²) < 4.78 is 31.3. The van der Waals surface area contributed by atoms with Gasteiger partial charge in [-0.15, -0.1) is 0 Å². The van der Waals surface area contributed by atoms with Gasteiger partial charge < -0.3 is 9.64 Å². The standard InChI is InChI=1S/C11H17N3O3S/c1-12-8-14(9-13(2)18(12,15)16)10-4-6-11(17-3)7-5-10/h4-7H,8-9H2,1-3H3. The molecule has 1 heterocycles. The van der Waals surface area contributed by atoms with E-state index in [-0.39, 0.29) is 0 Å². The Bertz CT molecular complexity index is 497. The molecule has 1 aliphatic heterocycles. The first-order chi connectivity index (χ1) is 8.45. The molecule has 0 saturated carbocycles. The van der Waals surface area contributed by atoms with E-state index in [4.69, 9.17) is 4.74 Å². The molecule has 1 saturated heterocycles. The van der Waals surface area contributed by atoms with Crippen molar-refractivity contribution in [3.63, 3.8) is 0 Å². The monoisotopic (exact) mass is 271 g/mol. The number of benzene rings is 1. The summed E-state index contributed by atoms with van der Waals surface area (Å²) in [6.45, 7) is 0.692. The quantitative estimate of drug-likeness (QED) is 0.788. The summed E-state index contributed by atoms with van der Waals surface area (Å²) >= 11 is 0. The molecule has 0 spiro atoms. The van der Waals surface area contributed by atoms with E-state index in [1.165, 1.54) is 8.61 Å². The molecule has 0 unspecified atom stereocenters. The molecule has 0 atom stereocenters. The van der Waals surface area contributed by atoms with Crippen molar-refractivity contribution in [2.24, 2.45) is 0 Å². The van der Waals surface area contributed by atoms with Gasteiger partial charge >= 0.3 is 0 Å². The van der Waals surface area contributed by atoms with Crippen LogP contribution >= 0.6 is 0 Å². The molecule has 1 aromatic carbocycles. The fourth-order valence-electron chi connectivity index (χ4n) is 1.87. The molecule has 0 aliphatic carbocycles. The van der Waals surface area contributed by atoms with Crippen LogP contribution in [0.5, 0.6) is 5.75 Å². The lowest BCUT2D eigenvalue weighted by atomic mass is 10.3. The molecule has 0 bridgehead atoms. The van der Waals surface area contributed by atoms with Crippen molar-refractivity contribution in [1.29, 1.82) is 0 Å². The van der Waals surface area contributed by atoms with Gasteiger partial charge in [0, 0.05) is 19.8 Å². The van der Waals surface area contributed by atoms with Crippen molar-refractivity contribution < 1.29 is 13.2 Å². The molecule has 0 amide bonds. The van der Waals surface area contributed by atoms with Crippen molar-refractivity contribution >= 4 is 15.9 Å². The molecule has 1 aromatic rings. The van der Waals surface area contributed by atoms with Crippen LogP contribution in [0.2, 0.25) is 0 Å². The number of nitrogens with zero attached hydrogens (tertiary/aromatic N) is 3. The maximum Gasteiger partial charge on any atom is 0.284 e. The zero-order valence-electron chi connectivity index (χ0n) is 10.7. The SMILES string of the molecule is COc1ccc(N2CN(C)S(=O)(=O)N(C)C2)cc1. The van der Waals surface area contributed by atoms with Crippen LogP contribution in [0.4, 0.5) is 5.69 Å². The van der Waals surface area contributed by atoms with Crippen molar-refractivity contribution in [1.82, 2.24) is 8.61 Å².